The molecule has 1 saturated heterocycles. The van der Waals surface area contributed by atoms with Crippen LogP contribution in [0.1, 0.15) is 44.4 Å². The number of carbonyl (C=O) groups is 1. The van der Waals surface area contributed by atoms with E-state index < -0.39 is 0 Å². The second-order valence-electron chi connectivity index (χ2n) is 5.22. The summed E-state index contributed by atoms with van der Waals surface area (Å²) in [7, 11) is 0. The van der Waals surface area contributed by atoms with E-state index in [1.54, 1.807) is 16.2 Å². The number of rotatable bonds is 7. The van der Waals surface area contributed by atoms with Crippen molar-refractivity contribution in [1.29, 1.82) is 0 Å². The number of thiocarbonyl (C=S) groups is 1. The summed E-state index contributed by atoms with van der Waals surface area (Å²) < 4.78 is 0.706. The van der Waals surface area contributed by atoms with Gasteiger partial charge in [-0.1, -0.05) is 63.2 Å². The van der Waals surface area contributed by atoms with Crippen molar-refractivity contribution in [3.8, 4) is 0 Å². The second kappa shape index (κ2) is 8.11. The lowest BCUT2D eigenvalue weighted by Gasteiger charge is -2.21. The highest BCUT2D eigenvalue weighted by atomic mass is 32.2. The lowest BCUT2D eigenvalue weighted by Crippen LogP contribution is -2.33. The molecule has 1 aromatic heterocycles. The summed E-state index contributed by atoms with van der Waals surface area (Å²) in [6.07, 6.45) is 6.65. The molecule has 0 bridgehead atoms. The molecule has 1 aliphatic rings. The predicted octanol–water partition coefficient (Wildman–Crippen LogP) is 5.17. The fourth-order valence-corrected chi connectivity index (χ4v) is 4.33. The van der Waals surface area contributed by atoms with E-state index >= 15 is 0 Å². The Morgan fingerprint density at radius 3 is 2.86 bits per heavy atom. The molecule has 0 aliphatic carbocycles. The third-order valence-electron chi connectivity index (χ3n) is 3.67. The van der Waals surface area contributed by atoms with Crippen LogP contribution < -0.4 is 0 Å². The van der Waals surface area contributed by atoms with Gasteiger partial charge >= 0.3 is 0 Å². The van der Waals surface area contributed by atoms with Gasteiger partial charge in [-0.15, -0.1) is 11.3 Å². The minimum absolute atomic E-state index is 0.0772. The molecule has 0 aromatic carbocycles. The molecule has 2 heterocycles. The van der Waals surface area contributed by atoms with Crippen LogP contribution >= 0.6 is 35.3 Å². The second-order valence-corrected chi connectivity index (χ2v) is 7.88. The smallest absolute Gasteiger partial charge is 0.266 e. The number of hydrogen-bond donors (Lipinski definition) is 0. The molecule has 0 spiro atoms. The van der Waals surface area contributed by atoms with E-state index in [0.29, 0.717) is 10.2 Å². The molecule has 5 heteroatoms. The van der Waals surface area contributed by atoms with Gasteiger partial charge in [0.25, 0.3) is 5.91 Å². The van der Waals surface area contributed by atoms with Crippen molar-refractivity contribution in [2.45, 2.75) is 39.5 Å². The quantitative estimate of drug-likeness (QED) is 0.505. The van der Waals surface area contributed by atoms with Crippen LogP contribution in [-0.2, 0) is 4.79 Å². The summed E-state index contributed by atoms with van der Waals surface area (Å²) in [4.78, 5) is 16.2. The van der Waals surface area contributed by atoms with Crippen molar-refractivity contribution in [2.75, 3.05) is 6.54 Å². The Hall–Kier alpha value is -0.650. The van der Waals surface area contributed by atoms with E-state index in [0.717, 1.165) is 22.7 Å². The van der Waals surface area contributed by atoms with E-state index in [4.69, 9.17) is 12.2 Å². The summed E-state index contributed by atoms with van der Waals surface area (Å²) >= 11 is 8.47. The molecular weight excluding hydrogens is 318 g/mol. The first-order chi connectivity index (χ1) is 10.2. The molecular formula is C16H21NOS3. The van der Waals surface area contributed by atoms with Gasteiger partial charge in [0.1, 0.15) is 4.32 Å². The topological polar surface area (TPSA) is 20.3 Å². The highest BCUT2D eigenvalue weighted by molar-refractivity contribution is 8.26. The van der Waals surface area contributed by atoms with Crippen molar-refractivity contribution >= 4 is 51.6 Å². The van der Waals surface area contributed by atoms with Crippen LogP contribution in [0.4, 0.5) is 0 Å². The van der Waals surface area contributed by atoms with Crippen LogP contribution in [0.15, 0.2) is 22.4 Å². The third kappa shape index (κ3) is 4.41. The summed E-state index contributed by atoms with van der Waals surface area (Å²) in [5, 5.41) is 2.02. The minimum Gasteiger partial charge on any atom is -0.293 e. The fourth-order valence-electron chi connectivity index (χ4n) is 2.34. The third-order valence-corrected chi connectivity index (χ3v) is 5.87. The lowest BCUT2D eigenvalue weighted by molar-refractivity contribution is -0.122. The average molecular weight is 340 g/mol. The summed E-state index contributed by atoms with van der Waals surface area (Å²) in [5.41, 5.74) is 0. The zero-order chi connectivity index (χ0) is 15.2. The maximum absolute atomic E-state index is 12.5. The van der Waals surface area contributed by atoms with Crippen molar-refractivity contribution in [2.24, 2.45) is 5.92 Å². The van der Waals surface area contributed by atoms with E-state index in [2.05, 4.69) is 13.8 Å². The van der Waals surface area contributed by atoms with Crippen LogP contribution in [0.2, 0.25) is 0 Å². The summed E-state index contributed by atoms with van der Waals surface area (Å²) in [6, 6.07) is 4.02. The first-order valence-corrected chi connectivity index (χ1v) is 9.55. The molecule has 1 fully saturated rings. The highest BCUT2D eigenvalue weighted by Crippen LogP contribution is 2.34. The number of unbranched alkanes of at least 4 members (excludes halogenated alkanes) is 1. The molecule has 114 valence electrons. The monoisotopic (exact) mass is 339 g/mol. The Morgan fingerprint density at radius 1 is 1.43 bits per heavy atom. The Bertz CT molecular complexity index is 522. The van der Waals surface area contributed by atoms with Gasteiger partial charge < -0.3 is 0 Å². The van der Waals surface area contributed by atoms with Crippen LogP contribution in [0.25, 0.3) is 6.08 Å². The van der Waals surface area contributed by atoms with E-state index in [-0.39, 0.29) is 5.91 Å². The number of hydrogen-bond acceptors (Lipinski definition) is 4. The van der Waals surface area contributed by atoms with Crippen LogP contribution in [-0.4, -0.2) is 21.7 Å². The molecule has 0 N–H and O–H groups in total. The van der Waals surface area contributed by atoms with Crippen molar-refractivity contribution < 1.29 is 4.79 Å². The zero-order valence-electron chi connectivity index (χ0n) is 12.5. The molecule has 1 unspecified atom stereocenters. The summed E-state index contributed by atoms with van der Waals surface area (Å²) in [5.74, 6) is 0.627. The number of carbonyl (C=O) groups excluding carboxylic acids is 1. The Balaban J connectivity index is 2.04. The van der Waals surface area contributed by atoms with Gasteiger partial charge in [-0.25, -0.2) is 0 Å². The predicted molar refractivity (Wildman–Crippen MR) is 97.5 cm³/mol. The van der Waals surface area contributed by atoms with Gasteiger partial charge in [0.15, 0.2) is 0 Å². The molecule has 2 rings (SSSR count). The normalized spacial score (nSPS) is 18.8. The van der Waals surface area contributed by atoms with Gasteiger partial charge in [-0.2, -0.15) is 0 Å². The van der Waals surface area contributed by atoms with Crippen molar-refractivity contribution in [1.82, 2.24) is 4.90 Å². The lowest BCUT2D eigenvalue weighted by atomic mass is 9.99. The number of thiophene rings is 1. The van der Waals surface area contributed by atoms with Gasteiger partial charge in [0.2, 0.25) is 0 Å². The van der Waals surface area contributed by atoms with Crippen LogP contribution in [0, 0.1) is 5.92 Å². The van der Waals surface area contributed by atoms with Gasteiger partial charge in [0.05, 0.1) is 4.91 Å². The van der Waals surface area contributed by atoms with Crippen LogP contribution in [0.5, 0.6) is 0 Å². The Labute approximate surface area is 140 Å². The van der Waals surface area contributed by atoms with Gasteiger partial charge in [-0.05, 0) is 29.9 Å². The standard InChI is InChI=1S/C16H21NOS3/c1-3-5-7-12(4-2)11-17-15(18)14(21-16(17)19)10-13-8-6-9-20-13/h6,8-10,12H,3-5,7,11H2,1-2H3. The summed E-state index contributed by atoms with van der Waals surface area (Å²) in [6.45, 7) is 5.17. The minimum atomic E-state index is 0.0772. The van der Waals surface area contributed by atoms with Crippen LogP contribution in [0.3, 0.4) is 0 Å². The molecule has 0 saturated carbocycles. The van der Waals surface area contributed by atoms with Crippen molar-refractivity contribution in [3.63, 3.8) is 0 Å². The molecule has 21 heavy (non-hydrogen) atoms. The molecule has 1 aliphatic heterocycles. The van der Waals surface area contributed by atoms with Crippen molar-refractivity contribution in [3.05, 3.63) is 27.3 Å². The van der Waals surface area contributed by atoms with E-state index in [1.807, 2.05) is 23.6 Å². The molecule has 1 atom stereocenters. The first kappa shape index (κ1) is 16.7. The number of nitrogens with zero attached hydrogens (tertiary/aromatic N) is 1. The molecule has 0 radical (unpaired) electrons. The van der Waals surface area contributed by atoms with Gasteiger partial charge in [-0.3, -0.25) is 9.69 Å². The van der Waals surface area contributed by atoms with Gasteiger partial charge in [0, 0.05) is 11.4 Å². The molecule has 1 aromatic rings. The maximum atomic E-state index is 12.5. The Kier molecular flexibility index (Phi) is 6.45. The largest absolute Gasteiger partial charge is 0.293 e. The Morgan fingerprint density at radius 2 is 2.24 bits per heavy atom. The molecule has 2 nitrogen and oxygen atoms in total. The maximum Gasteiger partial charge on any atom is 0.266 e. The van der Waals surface area contributed by atoms with E-state index in [1.165, 1.54) is 31.0 Å². The fraction of sp³-hybridized carbons (Fsp3) is 0.500. The molecule has 1 amide bonds. The highest BCUT2D eigenvalue weighted by Gasteiger charge is 2.33. The zero-order valence-corrected chi connectivity index (χ0v) is 15.0. The number of amides is 1. The first-order valence-electron chi connectivity index (χ1n) is 7.44. The van der Waals surface area contributed by atoms with E-state index in [9.17, 15) is 4.79 Å². The SMILES string of the molecule is CCCCC(CC)CN1C(=O)C(=Cc2cccs2)SC1=S. The average Bonchev–Trinajstić information content (AvgIpc) is 3.07. The number of thioether (sulfide) groups is 1.